The quantitative estimate of drug-likeness (QED) is 0.152. The second-order valence-corrected chi connectivity index (χ2v) is 13.3. The van der Waals surface area contributed by atoms with Crippen LogP contribution in [-0.4, -0.2) is 44.4 Å². The number of ether oxygens (including phenoxy) is 2. The minimum absolute atomic E-state index is 0.0335. The van der Waals surface area contributed by atoms with E-state index in [0.717, 1.165) is 17.0 Å². The van der Waals surface area contributed by atoms with Crippen molar-refractivity contribution in [3.8, 4) is 17.2 Å². The number of alkyl carbamates (subject to hydrolysis) is 1. The number of nitrogens with zero attached hydrogens (tertiary/aromatic N) is 3. The van der Waals surface area contributed by atoms with Crippen molar-refractivity contribution < 1.29 is 28.2 Å². The maximum atomic E-state index is 14.9. The van der Waals surface area contributed by atoms with Gasteiger partial charge in [-0.3, -0.25) is 15.1 Å². The van der Waals surface area contributed by atoms with Gasteiger partial charge in [0.1, 0.15) is 23.1 Å². The molecule has 1 unspecified atom stereocenters. The molecule has 254 valence electrons. The minimum atomic E-state index is -0.984. The third-order valence-electron chi connectivity index (χ3n) is 6.79. The van der Waals surface area contributed by atoms with E-state index in [1.54, 1.807) is 47.3 Å². The van der Waals surface area contributed by atoms with Gasteiger partial charge in [-0.1, -0.05) is 32.9 Å². The number of hydrogen-bond donors (Lipinski definition) is 4. The summed E-state index contributed by atoms with van der Waals surface area (Å²) < 4.78 is 27.4. The second kappa shape index (κ2) is 14.5. The van der Waals surface area contributed by atoms with Crippen molar-refractivity contribution in [2.45, 2.75) is 79.0 Å². The number of rotatable bonds is 9. The fourth-order valence-corrected chi connectivity index (χ4v) is 4.32. The van der Waals surface area contributed by atoms with E-state index >= 15 is 0 Å². The Morgan fingerprint density at radius 2 is 1.60 bits per heavy atom. The summed E-state index contributed by atoms with van der Waals surface area (Å²) in [4.78, 5) is 41.6. The summed E-state index contributed by atoms with van der Waals surface area (Å²) in [5.41, 5.74) is 2.06. The third-order valence-corrected chi connectivity index (χ3v) is 6.79. The molecule has 4 amide bonds. The van der Waals surface area contributed by atoms with Crippen molar-refractivity contribution in [1.82, 2.24) is 25.4 Å². The Morgan fingerprint density at radius 1 is 0.917 bits per heavy atom. The Hall–Kier alpha value is -5.46. The number of aryl methyl sites for hydroxylation is 1. The van der Waals surface area contributed by atoms with E-state index in [2.05, 4.69) is 26.3 Å². The first-order chi connectivity index (χ1) is 22.5. The van der Waals surface area contributed by atoms with Gasteiger partial charge in [0, 0.05) is 47.6 Å². The first kappa shape index (κ1) is 35.4. The monoisotopic (exact) mass is 659 g/mol. The number of nitrogens with one attached hydrogen (secondary N) is 4. The van der Waals surface area contributed by atoms with Gasteiger partial charge in [0.25, 0.3) is 5.91 Å². The highest BCUT2D eigenvalue weighted by atomic mass is 19.1. The lowest BCUT2D eigenvalue weighted by Crippen LogP contribution is -2.44. The Bertz CT molecular complexity index is 1780. The Labute approximate surface area is 279 Å². The molecule has 4 aromatic rings. The van der Waals surface area contributed by atoms with Gasteiger partial charge < -0.3 is 25.4 Å². The molecule has 0 aliphatic heterocycles. The van der Waals surface area contributed by atoms with Crippen molar-refractivity contribution in [2.24, 2.45) is 0 Å². The molecule has 0 bridgehead atoms. The minimum Gasteiger partial charge on any atom is -0.457 e. The fourth-order valence-electron chi connectivity index (χ4n) is 4.32. The van der Waals surface area contributed by atoms with Crippen molar-refractivity contribution in [1.29, 1.82) is 0 Å². The van der Waals surface area contributed by atoms with E-state index in [1.165, 1.54) is 19.1 Å². The number of benzene rings is 2. The van der Waals surface area contributed by atoms with E-state index in [-0.39, 0.29) is 23.4 Å². The van der Waals surface area contributed by atoms with Crippen LogP contribution in [0.2, 0.25) is 0 Å². The number of pyridine rings is 1. The van der Waals surface area contributed by atoms with Crippen LogP contribution in [0, 0.1) is 12.7 Å². The van der Waals surface area contributed by atoms with Gasteiger partial charge in [0.05, 0.1) is 17.1 Å². The molecule has 1 atom stereocenters. The number of halogens is 1. The zero-order chi connectivity index (χ0) is 35.2. The molecule has 0 saturated heterocycles. The molecule has 0 aliphatic carbocycles. The average Bonchev–Trinajstić information content (AvgIpc) is 3.41. The first-order valence-electron chi connectivity index (χ1n) is 15.4. The maximum absolute atomic E-state index is 14.9. The molecular weight excluding hydrogens is 617 g/mol. The number of anilines is 2. The number of hydrogen-bond acceptors (Lipinski definition) is 7. The molecule has 0 fully saturated rings. The van der Waals surface area contributed by atoms with Gasteiger partial charge in [0.15, 0.2) is 6.10 Å². The number of amides is 4. The molecule has 2 heterocycles. The van der Waals surface area contributed by atoms with Crippen LogP contribution in [0.1, 0.15) is 65.4 Å². The Morgan fingerprint density at radius 3 is 2.23 bits per heavy atom. The largest absolute Gasteiger partial charge is 0.457 e. The Balaban J connectivity index is 1.42. The summed E-state index contributed by atoms with van der Waals surface area (Å²) in [6.07, 6.45) is -0.0597. The first-order valence-corrected chi connectivity index (χ1v) is 15.4. The van der Waals surface area contributed by atoms with Crippen LogP contribution in [-0.2, 0) is 21.5 Å². The van der Waals surface area contributed by atoms with Crippen LogP contribution in [0.4, 0.5) is 25.5 Å². The van der Waals surface area contributed by atoms with Gasteiger partial charge in [-0.15, -0.1) is 0 Å². The van der Waals surface area contributed by atoms with Crippen LogP contribution in [0.15, 0.2) is 66.9 Å². The molecule has 2 aromatic heterocycles. The SMILES string of the molecule is Cc1cc(Oc2ccc(NC(=O)Nc3cc(C(C)(C)C)nn3-c3ccc(CNC(=O)C(C)OC(=O)NC(C)(C)C)cc3)c(F)c2)ccn1. The van der Waals surface area contributed by atoms with Gasteiger partial charge in [-0.2, -0.15) is 5.10 Å². The molecular formula is C35H42FN7O5. The van der Waals surface area contributed by atoms with Crippen LogP contribution in [0.3, 0.4) is 0 Å². The lowest BCUT2D eigenvalue weighted by Gasteiger charge is -2.21. The summed E-state index contributed by atoms with van der Waals surface area (Å²) in [6, 6.07) is 15.9. The molecule has 12 nitrogen and oxygen atoms in total. The zero-order valence-electron chi connectivity index (χ0n) is 28.4. The van der Waals surface area contributed by atoms with Crippen LogP contribution < -0.4 is 26.0 Å². The van der Waals surface area contributed by atoms with E-state index in [0.29, 0.717) is 17.3 Å². The van der Waals surface area contributed by atoms with Crippen LogP contribution in [0.5, 0.6) is 11.5 Å². The highest BCUT2D eigenvalue weighted by Crippen LogP contribution is 2.28. The van der Waals surface area contributed by atoms with E-state index < -0.39 is 35.5 Å². The predicted octanol–water partition coefficient (Wildman–Crippen LogP) is 6.98. The van der Waals surface area contributed by atoms with Gasteiger partial charge >= 0.3 is 12.1 Å². The standard InChI is InChI=1S/C35H42FN7O5/c1-21-17-26(15-16-37-21)48-25-13-14-28(27(36)18-25)39-32(45)40-30-19-29(34(3,4)5)42-43(30)24-11-9-23(10-12-24)20-38-31(44)22(2)47-33(46)41-35(6,7)8/h9-19,22H,20H2,1-8H3,(H,38,44)(H,41,46)(H2,39,40,45). The van der Waals surface area contributed by atoms with Crippen molar-refractivity contribution in [2.75, 3.05) is 10.6 Å². The van der Waals surface area contributed by atoms with Crippen LogP contribution in [0.25, 0.3) is 5.69 Å². The number of carbonyl (C=O) groups excluding carboxylic acids is 3. The molecule has 13 heteroatoms. The summed E-state index contributed by atoms with van der Waals surface area (Å²) in [5, 5.41) is 15.5. The topological polar surface area (TPSA) is 148 Å². The van der Waals surface area contributed by atoms with E-state index in [9.17, 15) is 18.8 Å². The van der Waals surface area contributed by atoms with Crippen molar-refractivity contribution in [3.63, 3.8) is 0 Å². The Kier molecular flexibility index (Phi) is 10.7. The number of aromatic nitrogens is 3. The predicted molar refractivity (Wildman–Crippen MR) is 181 cm³/mol. The summed E-state index contributed by atoms with van der Waals surface area (Å²) in [5.74, 6) is 0.0413. The fraction of sp³-hybridized carbons (Fsp3) is 0.343. The van der Waals surface area contributed by atoms with Crippen LogP contribution >= 0.6 is 0 Å². The molecule has 4 rings (SSSR count). The molecule has 0 saturated carbocycles. The van der Waals surface area contributed by atoms with Gasteiger partial charge in [-0.05, 0) is 70.5 Å². The highest BCUT2D eigenvalue weighted by molar-refractivity contribution is 5.99. The second-order valence-electron chi connectivity index (χ2n) is 13.3. The molecule has 0 spiro atoms. The lowest BCUT2D eigenvalue weighted by atomic mass is 9.92. The summed E-state index contributed by atoms with van der Waals surface area (Å²) in [7, 11) is 0. The molecule has 2 aromatic carbocycles. The zero-order valence-corrected chi connectivity index (χ0v) is 28.4. The molecule has 4 N–H and O–H groups in total. The highest BCUT2D eigenvalue weighted by Gasteiger charge is 2.23. The van der Waals surface area contributed by atoms with E-state index in [1.807, 2.05) is 60.6 Å². The average molecular weight is 660 g/mol. The summed E-state index contributed by atoms with van der Waals surface area (Å²) in [6.45, 7) is 15.0. The molecule has 0 radical (unpaired) electrons. The van der Waals surface area contributed by atoms with Crippen molar-refractivity contribution in [3.05, 3.63) is 89.6 Å². The van der Waals surface area contributed by atoms with Gasteiger partial charge in [0.2, 0.25) is 0 Å². The maximum Gasteiger partial charge on any atom is 0.408 e. The molecule has 48 heavy (non-hydrogen) atoms. The lowest BCUT2D eigenvalue weighted by molar-refractivity contribution is -0.128. The normalized spacial score (nSPS) is 12.1. The number of carbonyl (C=O) groups is 3. The third kappa shape index (κ3) is 10.0. The number of urea groups is 1. The molecule has 0 aliphatic rings. The summed E-state index contributed by atoms with van der Waals surface area (Å²) >= 11 is 0. The van der Waals surface area contributed by atoms with Crippen molar-refractivity contribution >= 4 is 29.5 Å². The smallest absolute Gasteiger partial charge is 0.408 e. The van der Waals surface area contributed by atoms with E-state index in [4.69, 9.17) is 14.6 Å². The van der Waals surface area contributed by atoms with Gasteiger partial charge in [-0.25, -0.2) is 18.7 Å².